The lowest BCUT2D eigenvalue weighted by Gasteiger charge is -2.12. The van der Waals surface area contributed by atoms with E-state index >= 15 is 0 Å². The van der Waals surface area contributed by atoms with Crippen LogP contribution in [0.15, 0.2) is 18.2 Å². The second-order valence-corrected chi connectivity index (χ2v) is 3.98. The summed E-state index contributed by atoms with van der Waals surface area (Å²) in [5.74, 6) is 1.52. The summed E-state index contributed by atoms with van der Waals surface area (Å²) in [6.45, 7) is 4.83. The molecule has 1 rings (SSSR count). The van der Waals surface area contributed by atoms with Crippen molar-refractivity contribution in [3.63, 3.8) is 0 Å². The Morgan fingerprint density at radius 1 is 1.11 bits per heavy atom. The first-order chi connectivity index (χ1) is 8.81. The van der Waals surface area contributed by atoms with Crippen LogP contribution in [-0.2, 0) is 11.3 Å². The Kier molecular flexibility index (Phi) is 7.22. The van der Waals surface area contributed by atoms with Crippen molar-refractivity contribution >= 4 is 0 Å². The van der Waals surface area contributed by atoms with Crippen LogP contribution in [0.5, 0.6) is 11.5 Å². The molecule has 0 aliphatic carbocycles. The molecule has 4 heteroatoms. The van der Waals surface area contributed by atoms with Crippen molar-refractivity contribution in [1.82, 2.24) is 5.32 Å². The molecule has 0 aliphatic rings. The predicted octanol–water partition coefficient (Wildman–Crippen LogP) is 2.22. The first-order valence-corrected chi connectivity index (χ1v) is 6.33. The van der Waals surface area contributed by atoms with Crippen LogP contribution in [0.1, 0.15) is 18.9 Å². The molecule has 102 valence electrons. The van der Waals surface area contributed by atoms with Gasteiger partial charge in [-0.15, -0.1) is 0 Å². The lowest BCUT2D eigenvalue weighted by molar-refractivity contribution is 0.0995. The van der Waals surface area contributed by atoms with E-state index in [2.05, 4.69) is 12.2 Å². The minimum atomic E-state index is 0.543. The fourth-order valence-corrected chi connectivity index (χ4v) is 1.60. The van der Waals surface area contributed by atoms with Crippen molar-refractivity contribution in [3.8, 4) is 11.5 Å². The highest BCUT2D eigenvalue weighted by Crippen LogP contribution is 2.27. The quantitative estimate of drug-likeness (QED) is 0.685. The van der Waals surface area contributed by atoms with Crippen LogP contribution < -0.4 is 14.8 Å². The van der Waals surface area contributed by atoms with E-state index in [1.165, 1.54) is 5.56 Å². The average molecular weight is 253 g/mol. The zero-order chi connectivity index (χ0) is 13.2. The predicted molar refractivity (Wildman–Crippen MR) is 72.4 cm³/mol. The van der Waals surface area contributed by atoms with Crippen molar-refractivity contribution in [3.05, 3.63) is 23.8 Å². The van der Waals surface area contributed by atoms with Gasteiger partial charge in [0.1, 0.15) is 6.61 Å². The normalized spacial score (nSPS) is 10.4. The molecule has 0 aromatic heterocycles. The van der Waals surface area contributed by atoms with E-state index in [1.54, 1.807) is 7.11 Å². The molecular formula is C14H23NO3. The molecule has 0 atom stereocenters. The Morgan fingerprint density at radius 2 is 1.94 bits per heavy atom. The monoisotopic (exact) mass is 253 g/mol. The van der Waals surface area contributed by atoms with Gasteiger partial charge >= 0.3 is 0 Å². The van der Waals surface area contributed by atoms with Crippen molar-refractivity contribution < 1.29 is 14.2 Å². The molecule has 4 nitrogen and oxygen atoms in total. The van der Waals surface area contributed by atoms with Gasteiger partial charge in [0.15, 0.2) is 11.5 Å². The highest BCUT2D eigenvalue weighted by Gasteiger charge is 2.05. The highest BCUT2D eigenvalue weighted by molar-refractivity contribution is 5.42. The van der Waals surface area contributed by atoms with Crippen LogP contribution in [-0.4, -0.2) is 34.0 Å². The molecule has 0 bridgehead atoms. The van der Waals surface area contributed by atoms with Crippen molar-refractivity contribution in [2.24, 2.45) is 0 Å². The van der Waals surface area contributed by atoms with Crippen molar-refractivity contribution in [1.29, 1.82) is 0 Å². The van der Waals surface area contributed by atoms with Crippen molar-refractivity contribution in [2.45, 2.75) is 19.9 Å². The first kappa shape index (κ1) is 14.8. The summed E-state index contributed by atoms with van der Waals surface area (Å²) in [6.07, 6.45) is 1.03. The summed E-state index contributed by atoms with van der Waals surface area (Å²) >= 11 is 0. The number of hydrogen-bond donors (Lipinski definition) is 1. The smallest absolute Gasteiger partial charge is 0.161 e. The fourth-order valence-electron chi connectivity index (χ4n) is 1.60. The van der Waals surface area contributed by atoms with Gasteiger partial charge in [-0.25, -0.2) is 0 Å². The highest BCUT2D eigenvalue weighted by atomic mass is 16.5. The summed E-state index contributed by atoms with van der Waals surface area (Å²) in [6, 6.07) is 5.95. The Hall–Kier alpha value is -1.26. The molecule has 0 saturated carbocycles. The van der Waals surface area contributed by atoms with Gasteiger partial charge in [0, 0.05) is 13.2 Å². The Morgan fingerprint density at radius 3 is 2.61 bits per heavy atom. The molecule has 0 fully saturated rings. The van der Waals surface area contributed by atoms with Crippen molar-refractivity contribution in [2.75, 3.05) is 34.0 Å². The van der Waals surface area contributed by atoms with Gasteiger partial charge in [0.25, 0.3) is 0 Å². The van der Waals surface area contributed by atoms with E-state index in [0.717, 1.165) is 31.1 Å². The van der Waals surface area contributed by atoms with Crippen LogP contribution >= 0.6 is 0 Å². The maximum atomic E-state index is 5.64. The third kappa shape index (κ3) is 4.94. The lowest BCUT2D eigenvalue weighted by atomic mass is 10.2. The number of methoxy groups -OCH3 is 1. The molecular weight excluding hydrogens is 230 g/mol. The van der Waals surface area contributed by atoms with Gasteiger partial charge in [-0.1, -0.05) is 13.0 Å². The molecule has 1 aromatic carbocycles. The molecule has 0 unspecified atom stereocenters. The first-order valence-electron chi connectivity index (χ1n) is 6.33. The summed E-state index contributed by atoms with van der Waals surface area (Å²) in [4.78, 5) is 0. The fraction of sp³-hybridized carbons (Fsp3) is 0.571. The topological polar surface area (TPSA) is 39.7 Å². The SMILES string of the molecule is CCCOCCOc1ccc(CNC)cc1OC. The number of rotatable bonds is 9. The van der Waals surface area contributed by atoms with Crippen LogP contribution in [0.4, 0.5) is 0 Å². The molecule has 0 radical (unpaired) electrons. The summed E-state index contributed by atoms with van der Waals surface area (Å²) in [5.41, 5.74) is 1.17. The van der Waals surface area contributed by atoms with Crippen LogP contribution in [0, 0.1) is 0 Å². The average Bonchev–Trinajstić information content (AvgIpc) is 2.40. The summed E-state index contributed by atoms with van der Waals surface area (Å²) in [5, 5.41) is 3.10. The zero-order valence-electron chi connectivity index (χ0n) is 11.5. The number of benzene rings is 1. The second kappa shape index (κ2) is 8.78. The van der Waals surface area contributed by atoms with E-state index in [-0.39, 0.29) is 0 Å². The van der Waals surface area contributed by atoms with E-state index in [0.29, 0.717) is 13.2 Å². The van der Waals surface area contributed by atoms with Gasteiger partial charge in [0.05, 0.1) is 13.7 Å². The van der Waals surface area contributed by atoms with Gasteiger partial charge in [0.2, 0.25) is 0 Å². The second-order valence-electron chi connectivity index (χ2n) is 3.98. The van der Waals surface area contributed by atoms with E-state index in [4.69, 9.17) is 14.2 Å². The minimum absolute atomic E-state index is 0.543. The van der Waals surface area contributed by atoms with Gasteiger partial charge in [-0.3, -0.25) is 0 Å². The molecule has 0 spiro atoms. The van der Waals surface area contributed by atoms with Gasteiger partial charge in [-0.05, 0) is 31.2 Å². The zero-order valence-corrected chi connectivity index (χ0v) is 11.5. The molecule has 0 aliphatic heterocycles. The number of ether oxygens (including phenoxy) is 3. The molecule has 0 amide bonds. The lowest BCUT2D eigenvalue weighted by Crippen LogP contribution is -2.09. The van der Waals surface area contributed by atoms with E-state index in [1.807, 2.05) is 25.2 Å². The maximum Gasteiger partial charge on any atom is 0.161 e. The molecule has 1 N–H and O–H groups in total. The molecule has 0 saturated heterocycles. The van der Waals surface area contributed by atoms with Gasteiger partial charge < -0.3 is 19.5 Å². The van der Waals surface area contributed by atoms with Crippen LogP contribution in [0.25, 0.3) is 0 Å². The third-order valence-corrected chi connectivity index (χ3v) is 2.44. The largest absolute Gasteiger partial charge is 0.493 e. The standard InChI is InChI=1S/C14H23NO3/c1-4-7-17-8-9-18-13-6-5-12(11-15-2)10-14(13)16-3/h5-6,10,15H,4,7-9,11H2,1-3H3. The molecule has 0 heterocycles. The summed E-state index contributed by atoms with van der Waals surface area (Å²) < 4.78 is 16.3. The molecule has 18 heavy (non-hydrogen) atoms. The Bertz CT molecular complexity index is 342. The Labute approximate surface area is 109 Å². The van der Waals surface area contributed by atoms with Crippen LogP contribution in [0.2, 0.25) is 0 Å². The summed E-state index contributed by atoms with van der Waals surface area (Å²) in [7, 11) is 3.57. The van der Waals surface area contributed by atoms with Crippen LogP contribution in [0.3, 0.4) is 0 Å². The van der Waals surface area contributed by atoms with E-state index in [9.17, 15) is 0 Å². The minimum Gasteiger partial charge on any atom is -0.493 e. The van der Waals surface area contributed by atoms with Gasteiger partial charge in [-0.2, -0.15) is 0 Å². The third-order valence-electron chi connectivity index (χ3n) is 2.44. The maximum absolute atomic E-state index is 5.64. The number of nitrogens with one attached hydrogen (secondary N) is 1. The molecule has 1 aromatic rings. The van der Waals surface area contributed by atoms with E-state index < -0.39 is 0 Å². The number of hydrogen-bond acceptors (Lipinski definition) is 4. The Balaban J connectivity index is 2.48.